The molecule has 0 radical (unpaired) electrons. The summed E-state index contributed by atoms with van der Waals surface area (Å²) in [4.78, 5) is 32.0. The lowest BCUT2D eigenvalue weighted by molar-refractivity contribution is -0.232. The van der Waals surface area contributed by atoms with Gasteiger partial charge in [0.25, 0.3) is 11.8 Å². The van der Waals surface area contributed by atoms with E-state index in [-0.39, 0.29) is 41.7 Å². The van der Waals surface area contributed by atoms with Crippen molar-refractivity contribution in [2.24, 2.45) is 0 Å². The number of carbonyl (C=O) groups excluding carboxylic acids is 2. The zero-order chi connectivity index (χ0) is 30.0. The van der Waals surface area contributed by atoms with E-state index in [0.29, 0.717) is 17.9 Å². The van der Waals surface area contributed by atoms with Crippen LogP contribution in [0, 0.1) is 17.7 Å². The number of hydrogen-bond donors (Lipinski definition) is 9. The Hall–Kier alpha value is -4.43. The van der Waals surface area contributed by atoms with Crippen molar-refractivity contribution >= 4 is 23.7 Å². The number of nitrogens with zero attached hydrogens (tertiary/aromatic N) is 2. The number of ether oxygens (including phenoxy) is 1. The highest BCUT2D eigenvalue weighted by atomic mass is 16.5. The Bertz CT molecular complexity index is 1490. The summed E-state index contributed by atoms with van der Waals surface area (Å²) in [7, 11) is 0. The van der Waals surface area contributed by atoms with Crippen LogP contribution in [0.25, 0.3) is 0 Å². The number of fused-ring (bicyclic) bond motifs is 1. The summed E-state index contributed by atoms with van der Waals surface area (Å²) in [6.45, 7) is 6.23. The molecule has 222 valence electrons. The first-order chi connectivity index (χ1) is 19.9. The third-order valence-corrected chi connectivity index (χ3v) is 8.87. The number of aryl methyl sites for hydroxylation is 1. The number of hydrogen-bond acceptors (Lipinski definition) is 8. The van der Waals surface area contributed by atoms with Crippen LogP contribution in [0.5, 0.6) is 5.75 Å². The molecular weight excluding hydrogens is 542 g/mol. The number of nitrogens with one attached hydrogen (secondary N) is 7. The minimum absolute atomic E-state index is 0.0180. The van der Waals surface area contributed by atoms with Crippen LogP contribution >= 0.6 is 0 Å². The molecule has 0 aliphatic carbocycles. The summed E-state index contributed by atoms with van der Waals surface area (Å²) < 4.78 is 5.89. The number of rotatable bonds is 5. The highest BCUT2D eigenvalue weighted by molar-refractivity contribution is 5.98. The third-order valence-electron chi connectivity index (χ3n) is 8.87. The lowest BCUT2D eigenvalue weighted by Crippen LogP contribution is -2.81. The maximum Gasteiger partial charge on any atom is 0.270 e. The van der Waals surface area contributed by atoms with E-state index >= 15 is 0 Å². The summed E-state index contributed by atoms with van der Waals surface area (Å²) in [6.07, 6.45) is 2.32. The van der Waals surface area contributed by atoms with Gasteiger partial charge in [0, 0.05) is 24.8 Å². The zero-order valence-corrected chi connectivity index (χ0v) is 23.5. The molecule has 4 aliphatic rings. The normalized spacial score (nSPS) is 28.2. The van der Waals surface area contributed by atoms with Crippen LogP contribution in [0.3, 0.4) is 0 Å². The van der Waals surface area contributed by atoms with Crippen LogP contribution in [0.15, 0.2) is 36.5 Å². The van der Waals surface area contributed by atoms with Crippen LogP contribution in [0.1, 0.15) is 52.2 Å². The second kappa shape index (κ2) is 9.56. The second-order valence-electron chi connectivity index (χ2n) is 11.9. The molecule has 5 heterocycles. The number of pyridine rings is 1. The molecule has 14 heteroatoms. The molecule has 14 nitrogen and oxygen atoms in total. The summed E-state index contributed by atoms with van der Waals surface area (Å²) in [5, 5.41) is 54.8. The molecule has 42 heavy (non-hydrogen) atoms. The second-order valence-corrected chi connectivity index (χ2v) is 11.9. The third kappa shape index (κ3) is 4.04. The Morgan fingerprint density at radius 3 is 2.71 bits per heavy atom. The van der Waals surface area contributed by atoms with Crippen molar-refractivity contribution in [1.29, 1.82) is 10.8 Å². The lowest BCUT2D eigenvalue weighted by atomic mass is 9.79. The van der Waals surface area contributed by atoms with Gasteiger partial charge in [0.05, 0.1) is 24.3 Å². The molecule has 2 aromatic rings. The minimum atomic E-state index is -2.65. The monoisotopic (exact) mass is 577 g/mol. The van der Waals surface area contributed by atoms with Crippen LogP contribution in [0.4, 0.5) is 0 Å². The zero-order valence-electron chi connectivity index (χ0n) is 23.5. The van der Waals surface area contributed by atoms with Gasteiger partial charge in [-0.3, -0.25) is 25.4 Å². The predicted octanol–water partition coefficient (Wildman–Crippen LogP) is -0.926. The Morgan fingerprint density at radius 1 is 1.17 bits per heavy atom. The number of benzene rings is 1. The fraction of sp³-hybridized carbons (Fsp3) is 0.464. The molecule has 1 aromatic heterocycles. The summed E-state index contributed by atoms with van der Waals surface area (Å²) in [6, 6.07) is 5.94. The van der Waals surface area contributed by atoms with Gasteiger partial charge in [-0.05, 0) is 36.5 Å². The first kappa shape index (κ1) is 27.7. The van der Waals surface area contributed by atoms with Crippen molar-refractivity contribution in [3.63, 3.8) is 0 Å². The quantitative estimate of drug-likeness (QED) is 0.200. The van der Waals surface area contributed by atoms with Gasteiger partial charge in [-0.2, -0.15) is 0 Å². The van der Waals surface area contributed by atoms with Crippen molar-refractivity contribution < 1.29 is 24.5 Å². The smallest absolute Gasteiger partial charge is 0.270 e. The molecule has 1 spiro atoms. The average molecular weight is 578 g/mol. The highest BCUT2D eigenvalue weighted by Crippen LogP contribution is 2.44. The van der Waals surface area contributed by atoms with Crippen LogP contribution in [-0.4, -0.2) is 93.1 Å². The summed E-state index contributed by atoms with van der Waals surface area (Å²) >= 11 is 0. The molecule has 3 saturated heterocycles. The van der Waals surface area contributed by atoms with E-state index in [2.05, 4.69) is 45.4 Å². The molecule has 0 bridgehead atoms. The van der Waals surface area contributed by atoms with E-state index in [4.69, 9.17) is 15.6 Å². The Morgan fingerprint density at radius 2 is 1.95 bits per heavy atom. The van der Waals surface area contributed by atoms with Gasteiger partial charge in [-0.25, -0.2) is 0 Å². The van der Waals surface area contributed by atoms with Gasteiger partial charge in [0.2, 0.25) is 5.79 Å². The van der Waals surface area contributed by atoms with Gasteiger partial charge in [-0.1, -0.05) is 32.0 Å². The van der Waals surface area contributed by atoms with Gasteiger partial charge in [0.15, 0.2) is 17.6 Å². The first-order valence-corrected chi connectivity index (χ1v) is 13.8. The molecule has 3 fully saturated rings. The van der Waals surface area contributed by atoms with E-state index in [9.17, 15) is 19.8 Å². The lowest BCUT2D eigenvalue weighted by Gasteiger charge is -2.51. The Balaban J connectivity index is 1.26. The van der Waals surface area contributed by atoms with Gasteiger partial charge < -0.3 is 46.4 Å². The summed E-state index contributed by atoms with van der Waals surface area (Å²) in [5.41, 5.74) is 0.130. The molecular formula is C28H35N9O5. The average Bonchev–Trinajstić information content (AvgIpc) is 3.41. The van der Waals surface area contributed by atoms with Crippen molar-refractivity contribution in [2.75, 3.05) is 19.7 Å². The largest absolute Gasteiger partial charge is 0.492 e. The van der Waals surface area contributed by atoms with Crippen molar-refractivity contribution in [1.82, 2.24) is 36.5 Å². The molecule has 9 N–H and O–H groups in total. The maximum absolute atomic E-state index is 13.6. The fourth-order valence-electron chi connectivity index (χ4n) is 6.54. The molecule has 6 rings (SSSR count). The van der Waals surface area contributed by atoms with E-state index in [1.54, 1.807) is 31.2 Å². The van der Waals surface area contributed by atoms with Gasteiger partial charge in [0.1, 0.15) is 17.5 Å². The molecule has 4 aliphatic heterocycles. The van der Waals surface area contributed by atoms with E-state index in [0.717, 1.165) is 12.0 Å². The predicted molar refractivity (Wildman–Crippen MR) is 151 cm³/mol. The topological polar surface area (TPSA) is 208 Å². The molecule has 1 aromatic carbocycles. The number of guanidine groups is 2. The summed E-state index contributed by atoms with van der Waals surface area (Å²) in [5.74, 6) is -3.50. The van der Waals surface area contributed by atoms with E-state index < -0.39 is 41.4 Å². The Labute approximate surface area is 242 Å². The number of amides is 2. The Kier molecular flexibility index (Phi) is 6.31. The van der Waals surface area contributed by atoms with Crippen LogP contribution in [0.2, 0.25) is 0 Å². The molecule has 2 amide bonds. The fourth-order valence-corrected chi connectivity index (χ4v) is 6.54. The van der Waals surface area contributed by atoms with Crippen molar-refractivity contribution in [3.05, 3.63) is 58.9 Å². The van der Waals surface area contributed by atoms with Gasteiger partial charge in [-0.15, -0.1) is 0 Å². The SMILES string of the molecule is Cc1cccnc1C(=O)NC[C@@H]1NC(=N)N2C[C@H](NC(=O)c3cccc4c3OCCC4(C)C)C(O)(O)[C@@]23NC(=N)N[C@@H]13. The van der Waals surface area contributed by atoms with E-state index in [1.807, 2.05) is 6.07 Å². The van der Waals surface area contributed by atoms with E-state index in [1.165, 1.54) is 11.1 Å². The molecule has 4 atom stereocenters. The van der Waals surface area contributed by atoms with Crippen LogP contribution < -0.4 is 31.3 Å². The highest BCUT2D eigenvalue weighted by Gasteiger charge is 2.74. The number of aliphatic hydroxyl groups is 2. The van der Waals surface area contributed by atoms with Crippen LogP contribution in [-0.2, 0) is 5.41 Å². The van der Waals surface area contributed by atoms with Crippen molar-refractivity contribution in [2.45, 2.75) is 62.2 Å². The van der Waals surface area contributed by atoms with Gasteiger partial charge >= 0.3 is 0 Å². The minimum Gasteiger partial charge on any atom is -0.492 e. The molecule has 0 saturated carbocycles. The first-order valence-electron chi connectivity index (χ1n) is 13.8. The molecule has 0 unspecified atom stereocenters. The number of para-hydroxylation sites is 1. The maximum atomic E-state index is 13.6. The number of carbonyl (C=O) groups is 2. The standard InChI is InChI=1S/C28H35N9O5/c1-14-6-5-10-31-19(14)23(39)32-12-17-21-27(36-24(29)35-21)28(40,41)18(13-37(27)25(30)33-17)34-22(38)15-7-4-8-16-20(15)42-11-9-26(16,2)3/h4-8,10,17-18,21,40-41H,9,11-13H2,1-3H3,(H2,30,33)(H,32,39)(H,34,38)(H3,29,35,36)/t17-,18-,21-,27-/m0/s1. The number of aromatic nitrogens is 1. The van der Waals surface area contributed by atoms with Crippen molar-refractivity contribution in [3.8, 4) is 5.75 Å².